The van der Waals surface area contributed by atoms with Crippen LogP contribution in [0.5, 0.6) is 0 Å². The van der Waals surface area contributed by atoms with Gasteiger partial charge in [-0.25, -0.2) is 4.39 Å². The van der Waals surface area contributed by atoms with Gasteiger partial charge in [0.25, 0.3) is 0 Å². The number of benzene rings is 1. The van der Waals surface area contributed by atoms with Gasteiger partial charge >= 0.3 is 0 Å². The second-order valence-electron chi connectivity index (χ2n) is 3.79. The second-order valence-corrected chi connectivity index (χ2v) is 4.60. The minimum Gasteiger partial charge on any atom is -0.207 e. The lowest BCUT2D eigenvalue weighted by atomic mass is 10.0. The molecular formula is C11H12FNS. The van der Waals surface area contributed by atoms with E-state index in [0.29, 0.717) is 0 Å². The molecular weight excluding hydrogens is 197 g/mol. The smallest absolute Gasteiger partial charge is 0.127 e. The number of hydrogen-bond donors (Lipinski definition) is 0. The van der Waals surface area contributed by atoms with Gasteiger partial charge in [-0.05, 0) is 42.1 Å². The summed E-state index contributed by atoms with van der Waals surface area (Å²) in [6, 6.07) is 3.52. The molecule has 1 aromatic heterocycles. The molecule has 0 amide bonds. The van der Waals surface area contributed by atoms with E-state index in [1.807, 2.05) is 26.8 Å². The van der Waals surface area contributed by atoms with E-state index >= 15 is 0 Å². The van der Waals surface area contributed by atoms with Gasteiger partial charge in [0.15, 0.2) is 0 Å². The quantitative estimate of drug-likeness (QED) is 0.694. The Labute approximate surface area is 86.7 Å². The van der Waals surface area contributed by atoms with Crippen LogP contribution in [0.1, 0.15) is 31.0 Å². The van der Waals surface area contributed by atoms with Crippen LogP contribution in [0, 0.1) is 12.7 Å². The zero-order valence-corrected chi connectivity index (χ0v) is 9.28. The molecule has 0 spiro atoms. The Morgan fingerprint density at radius 1 is 1.36 bits per heavy atom. The number of aromatic nitrogens is 1. The molecule has 3 heteroatoms. The number of halogens is 1. The summed E-state index contributed by atoms with van der Waals surface area (Å²) < 4.78 is 18.9. The van der Waals surface area contributed by atoms with Crippen LogP contribution in [-0.2, 0) is 0 Å². The van der Waals surface area contributed by atoms with Crippen molar-refractivity contribution in [3.8, 4) is 0 Å². The molecule has 0 saturated carbocycles. The average molecular weight is 209 g/mol. The van der Waals surface area contributed by atoms with Gasteiger partial charge in [0, 0.05) is 5.39 Å². The van der Waals surface area contributed by atoms with E-state index < -0.39 is 0 Å². The fraction of sp³-hybridized carbons (Fsp3) is 0.364. The highest BCUT2D eigenvalue weighted by molar-refractivity contribution is 7.13. The zero-order chi connectivity index (χ0) is 10.3. The number of rotatable bonds is 1. The molecule has 74 valence electrons. The van der Waals surface area contributed by atoms with Crippen molar-refractivity contribution >= 4 is 21.6 Å². The molecule has 0 unspecified atom stereocenters. The summed E-state index contributed by atoms with van der Waals surface area (Å²) in [6.07, 6.45) is 0. The Kier molecular flexibility index (Phi) is 2.27. The Morgan fingerprint density at radius 2 is 2.07 bits per heavy atom. The van der Waals surface area contributed by atoms with Gasteiger partial charge < -0.3 is 0 Å². The first-order valence-corrected chi connectivity index (χ1v) is 5.42. The summed E-state index contributed by atoms with van der Waals surface area (Å²) in [5.41, 5.74) is 1.69. The van der Waals surface area contributed by atoms with Gasteiger partial charge in [0.2, 0.25) is 0 Å². The van der Waals surface area contributed by atoms with E-state index in [4.69, 9.17) is 0 Å². The van der Waals surface area contributed by atoms with Crippen molar-refractivity contribution in [2.24, 2.45) is 0 Å². The van der Waals surface area contributed by atoms with Crippen LogP contribution in [0.25, 0.3) is 10.1 Å². The third kappa shape index (κ3) is 1.42. The Balaban J connectivity index is 2.72. The Hall–Kier alpha value is -0.960. The minimum absolute atomic E-state index is 0.115. The van der Waals surface area contributed by atoms with Crippen LogP contribution in [0.15, 0.2) is 12.1 Å². The van der Waals surface area contributed by atoms with Crippen LogP contribution >= 0.6 is 11.5 Å². The van der Waals surface area contributed by atoms with E-state index in [-0.39, 0.29) is 11.7 Å². The maximum absolute atomic E-state index is 13.6. The molecule has 1 nitrogen and oxygen atoms in total. The molecule has 0 saturated heterocycles. The second kappa shape index (κ2) is 3.31. The largest absolute Gasteiger partial charge is 0.207 e. The normalized spacial score (nSPS) is 11.5. The van der Waals surface area contributed by atoms with Crippen molar-refractivity contribution in [1.82, 2.24) is 4.37 Å². The summed E-state index contributed by atoms with van der Waals surface area (Å²) in [7, 11) is 0. The standard InChI is InChI=1S/C11H12FNS/c1-6(2)8-5-11-9(4-10(8)12)7(3)13-14-11/h4-6H,1-3H3. The van der Waals surface area contributed by atoms with Crippen LogP contribution in [0.3, 0.4) is 0 Å². The third-order valence-electron chi connectivity index (χ3n) is 2.39. The molecule has 0 radical (unpaired) electrons. The fourth-order valence-electron chi connectivity index (χ4n) is 1.54. The number of hydrogen-bond acceptors (Lipinski definition) is 2. The van der Waals surface area contributed by atoms with Crippen molar-refractivity contribution in [3.63, 3.8) is 0 Å². The first kappa shape index (κ1) is 9.59. The van der Waals surface area contributed by atoms with Crippen LogP contribution in [0.2, 0.25) is 0 Å². The van der Waals surface area contributed by atoms with Gasteiger partial charge in [-0.15, -0.1) is 0 Å². The molecule has 0 aliphatic carbocycles. The molecule has 2 rings (SSSR count). The number of aryl methyl sites for hydroxylation is 1. The topological polar surface area (TPSA) is 12.9 Å². The fourth-order valence-corrected chi connectivity index (χ4v) is 2.35. The van der Waals surface area contributed by atoms with Gasteiger partial charge in [0.05, 0.1) is 10.4 Å². The van der Waals surface area contributed by atoms with Gasteiger partial charge in [0.1, 0.15) is 5.82 Å². The van der Waals surface area contributed by atoms with E-state index in [2.05, 4.69) is 4.37 Å². The SMILES string of the molecule is Cc1nsc2cc(C(C)C)c(F)cc12. The van der Waals surface area contributed by atoms with E-state index in [9.17, 15) is 4.39 Å². The third-order valence-corrected chi connectivity index (χ3v) is 3.29. The zero-order valence-electron chi connectivity index (χ0n) is 8.47. The summed E-state index contributed by atoms with van der Waals surface area (Å²) in [5.74, 6) is 0.109. The summed E-state index contributed by atoms with van der Waals surface area (Å²) in [4.78, 5) is 0. The summed E-state index contributed by atoms with van der Waals surface area (Å²) >= 11 is 1.44. The van der Waals surface area contributed by atoms with Gasteiger partial charge in [-0.1, -0.05) is 13.8 Å². The van der Waals surface area contributed by atoms with Crippen molar-refractivity contribution in [1.29, 1.82) is 0 Å². The Morgan fingerprint density at radius 3 is 2.71 bits per heavy atom. The van der Waals surface area contributed by atoms with Crippen molar-refractivity contribution in [2.45, 2.75) is 26.7 Å². The summed E-state index contributed by atoms with van der Waals surface area (Å²) in [6.45, 7) is 5.91. The van der Waals surface area contributed by atoms with Crippen LogP contribution in [-0.4, -0.2) is 4.37 Å². The average Bonchev–Trinajstić information content (AvgIpc) is 2.46. The van der Waals surface area contributed by atoms with Crippen LogP contribution in [0.4, 0.5) is 4.39 Å². The maximum atomic E-state index is 13.6. The van der Waals surface area contributed by atoms with E-state index in [1.165, 1.54) is 11.5 Å². The molecule has 0 bridgehead atoms. The molecule has 0 aliphatic rings. The first-order valence-electron chi connectivity index (χ1n) is 4.65. The van der Waals surface area contributed by atoms with E-state index in [0.717, 1.165) is 21.3 Å². The molecule has 0 fully saturated rings. The monoisotopic (exact) mass is 209 g/mol. The highest BCUT2D eigenvalue weighted by atomic mass is 32.1. The molecule has 1 aromatic carbocycles. The Bertz CT molecular complexity index is 473. The van der Waals surface area contributed by atoms with Crippen molar-refractivity contribution in [3.05, 3.63) is 29.2 Å². The highest BCUT2D eigenvalue weighted by Gasteiger charge is 2.11. The first-order chi connectivity index (χ1) is 6.59. The molecule has 1 heterocycles. The molecule has 0 atom stereocenters. The van der Waals surface area contributed by atoms with Gasteiger partial charge in [-0.3, -0.25) is 0 Å². The molecule has 0 aliphatic heterocycles. The number of fused-ring (bicyclic) bond motifs is 1. The summed E-state index contributed by atoms with van der Waals surface area (Å²) in [5, 5.41) is 0.942. The van der Waals surface area contributed by atoms with Crippen molar-refractivity contribution in [2.75, 3.05) is 0 Å². The molecule has 0 N–H and O–H groups in total. The minimum atomic E-state index is -0.115. The molecule has 14 heavy (non-hydrogen) atoms. The maximum Gasteiger partial charge on any atom is 0.127 e. The predicted molar refractivity (Wildman–Crippen MR) is 58.4 cm³/mol. The van der Waals surface area contributed by atoms with Crippen LogP contribution < -0.4 is 0 Å². The number of nitrogens with zero attached hydrogens (tertiary/aromatic N) is 1. The predicted octanol–water partition coefficient (Wildman–Crippen LogP) is 3.87. The lowest BCUT2D eigenvalue weighted by molar-refractivity contribution is 0.600. The van der Waals surface area contributed by atoms with E-state index in [1.54, 1.807) is 6.07 Å². The molecule has 2 aromatic rings. The lowest BCUT2D eigenvalue weighted by Crippen LogP contribution is -1.92. The van der Waals surface area contributed by atoms with Crippen molar-refractivity contribution < 1.29 is 4.39 Å². The lowest BCUT2D eigenvalue weighted by Gasteiger charge is -2.06. The van der Waals surface area contributed by atoms with Gasteiger partial charge in [-0.2, -0.15) is 4.37 Å². The highest BCUT2D eigenvalue weighted by Crippen LogP contribution is 2.28.